The first-order chi connectivity index (χ1) is 9.92. The molecule has 2 aromatic carbocycles. The second-order valence-corrected chi connectivity index (χ2v) is 4.83. The lowest BCUT2D eigenvalue weighted by molar-refractivity contribution is -0.0751. The molecule has 3 rings (SSSR count). The second-order valence-electron chi connectivity index (χ2n) is 4.83. The first kappa shape index (κ1) is 13.3. The summed E-state index contributed by atoms with van der Waals surface area (Å²) >= 11 is 0. The maximum Gasteiger partial charge on any atom is 0.184 e. The van der Waals surface area contributed by atoms with Gasteiger partial charge in [-0.25, -0.2) is 0 Å². The van der Waals surface area contributed by atoms with E-state index in [1.807, 2.05) is 48.5 Å². The Morgan fingerprint density at radius 2 is 1.65 bits per heavy atom. The van der Waals surface area contributed by atoms with Gasteiger partial charge in [-0.2, -0.15) is 0 Å². The molecule has 1 aliphatic rings. The number of ether oxygens (including phenoxy) is 3. The summed E-state index contributed by atoms with van der Waals surface area (Å²) in [6, 6.07) is 20.1. The Morgan fingerprint density at radius 1 is 0.950 bits per heavy atom. The van der Waals surface area contributed by atoms with Crippen molar-refractivity contribution in [3.8, 4) is 0 Å². The normalized spacial score (nSPS) is 22.0. The van der Waals surface area contributed by atoms with Gasteiger partial charge in [-0.3, -0.25) is 0 Å². The van der Waals surface area contributed by atoms with Crippen molar-refractivity contribution in [1.82, 2.24) is 0 Å². The molecule has 0 spiro atoms. The molecule has 0 bridgehead atoms. The van der Waals surface area contributed by atoms with Crippen LogP contribution in [-0.2, 0) is 20.8 Å². The Labute approximate surface area is 119 Å². The fraction of sp³-hybridized carbons (Fsp3) is 0.294. The fourth-order valence-corrected chi connectivity index (χ4v) is 2.20. The molecule has 2 aromatic rings. The molecule has 1 saturated heterocycles. The molecule has 0 saturated carbocycles. The minimum Gasteiger partial charge on any atom is -0.374 e. The Balaban J connectivity index is 1.44. The quantitative estimate of drug-likeness (QED) is 0.834. The van der Waals surface area contributed by atoms with E-state index in [1.165, 1.54) is 5.56 Å². The van der Waals surface area contributed by atoms with Crippen LogP contribution in [-0.4, -0.2) is 19.3 Å². The van der Waals surface area contributed by atoms with Crippen molar-refractivity contribution in [3.05, 3.63) is 71.8 Å². The van der Waals surface area contributed by atoms with Crippen LogP contribution in [0, 0.1) is 0 Å². The lowest BCUT2D eigenvalue weighted by Gasteiger charge is -2.12. The van der Waals surface area contributed by atoms with Crippen molar-refractivity contribution in [2.75, 3.05) is 13.2 Å². The van der Waals surface area contributed by atoms with E-state index < -0.39 is 0 Å². The highest BCUT2D eigenvalue weighted by Crippen LogP contribution is 2.26. The Bertz CT molecular complexity index is 512. The Kier molecular flexibility index (Phi) is 4.43. The van der Waals surface area contributed by atoms with Crippen LogP contribution >= 0.6 is 0 Å². The van der Waals surface area contributed by atoms with Gasteiger partial charge in [-0.05, 0) is 5.56 Å². The van der Waals surface area contributed by atoms with E-state index >= 15 is 0 Å². The number of hydrogen-bond acceptors (Lipinski definition) is 3. The van der Waals surface area contributed by atoms with Gasteiger partial charge in [0.15, 0.2) is 6.29 Å². The summed E-state index contributed by atoms with van der Waals surface area (Å²) in [7, 11) is 0. The molecular formula is C17H18O3. The summed E-state index contributed by atoms with van der Waals surface area (Å²) in [4.78, 5) is 0. The number of benzene rings is 2. The summed E-state index contributed by atoms with van der Waals surface area (Å²) in [6.07, 6.45) is -0.259. The minimum atomic E-state index is -0.262. The van der Waals surface area contributed by atoms with Crippen LogP contribution in [0.2, 0.25) is 0 Å². The molecule has 0 unspecified atom stereocenters. The zero-order chi connectivity index (χ0) is 13.6. The molecule has 0 amide bonds. The molecule has 20 heavy (non-hydrogen) atoms. The summed E-state index contributed by atoms with van der Waals surface area (Å²) in [5, 5.41) is 0. The van der Waals surface area contributed by atoms with E-state index in [0.29, 0.717) is 19.8 Å². The van der Waals surface area contributed by atoms with Crippen molar-refractivity contribution in [2.45, 2.75) is 19.0 Å². The van der Waals surface area contributed by atoms with Crippen molar-refractivity contribution in [2.24, 2.45) is 0 Å². The van der Waals surface area contributed by atoms with Crippen molar-refractivity contribution in [3.63, 3.8) is 0 Å². The second kappa shape index (κ2) is 6.66. The third kappa shape index (κ3) is 3.45. The van der Waals surface area contributed by atoms with Gasteiger partial charge < -0.3 is 14.2 Å². The lowest BCUT2D eigenvalue weighted by atomic mass is 10.2. The average molecular weight is 270 g/mol. The standard InChI is InChI=1S/C17H18O3/c1-3-7-14(8-4-1)11-18-12-16-13-19-17(20-16)15-9-5-2-6-10-15/h1-10,16-17H,11-13H2/t16-,17-/m1/s1. The van der Waals surface area contributed by atoms with Crippen molar-refractivity contribution in [1.29, 1.82) is 0 Å². The molecule has 1 aliphatic heterocycles. The van der Waals surface area contributed by atoms with Crippen LogP contribution in [0.4, 0.5) is 0 Å². The zero-order valence-electron chi connectivity index (χ0n) is 11.3. The lowest BCUT2D eigenvalue weighted by Crippen LogP contribution is -2.17. The molecule has 1 heterocycles. The Morgan fingerprint density at radius 3 is 2.40 bits per heavy atom. The summed E-state index contributed by atoms with van der Waals surface area (Å²) in [6.45, 7) is 1.74. The molecule has 3 nitrogen and oxygen atoms in total. The van der Waals surface area contributed by atoms with E-state index in [2.05, 4.69) is 12.1 Å². The molecule has 1 fully saturated rings. The van der Waals surface area contributed by atoms with Crippen molar-refractivity contribution >= 4 is 0 Å². The predicted molar refractivity (Wildman–Crippen MR) is 76.1 cm³/mol. The fourth-order valence-electron chi connectivity index (χ4n) is 2.20. The van der Waals surface area contributed by atoms with E-state index in [0.717, 1.165) is 5.56 Å². The minimum absolute atomic E-state index is 0.00363. The third-order valence-corrected chi connectivity index (χ3v) is 3.24. The molecule has 0 aromatic heterocycles. The monoisotopic (exact) mass is 270 g/mol. The van der Waals surface area contributed by atoms with Gasteiger partial charge in [0.25, 0.3) is 0 Å². The number of hydrogen-bond donors (Lipinski definition) is 0. The highest BCUT2D eigenvalue weighted by atomic mass is 16.7. The highest BCUT2D eigenvalue weighted by molar-refractivity contribution is 5.16. The topological polar surface area (TPSA) is 27.7 Å². The molecule has 0 radical (unpaired) electrons. The van der Waals surface area contributed by atoms with Gasteiger partial charge in [-0.15, -0.1) is 0 Å². The van der Waals surface area contributed by atoms with Crippen molar-refractivity contribution < 1.29 is 14.2 Å². The van der Waals surface area contributed by atoms with E-state index in [9.17, 15) is 0 Å². The summed E-state index contributed by atoms with van der Waals surface area (Å²) in [5.41, 5.74) is 2.23. The third-order valence-electron chi connectivity index (χ3n) is 3.24. The molecule has 0 N–H and O–H groups in total. The first-order valence-electron chi connectivity index (χ1n) is 6.85. The predicted octanol–water partition coefficient (Wildman–Crippen LogP) is 3.32. The Hall–Kier alpha value is -1.68. The highest BCUT2D eigenvalue weighted by Gasteiger charge is 2.27. The van der Waals surface area contributed by atoms with Crippen LogP contribution in [0.15, 0.2) is 60.7 Å². The SMILES string of the molecule is c1ccc(COC[C@@H]2CO[C@@H](c3ccccc3)O2)cc1. The largest absolute Gasteiger partial charge is 0.374 e. The van der Waals surface area contributed by atoms with Crippen LogP contribution in [0.5, 0.6) is 0 Å². The average Bonchev–Trinajstić information content (AvgIpc) is 2.98. The zero-order valence-corrected chi connectivity index (χ0v) is 11.3. The molecule has 2 atom stereocenters. The summed E-state index contributed by atoms with van der Waals surface area (Å²) < 4.78 is 17.2. The van der Waals surface area contributed by atoms with Gasteiger partial charge in [0.1, 0.15) is 6.10 Å². The maximum absolute atomic E-state index is 5.84. The molecule has 104 valence electrons. The van der Waals surface area contributed by atoms with Crippen LogP contribution in [0.3, 0.4) is 0 Å². The van der Waals surface area contributed by atoms with E-state index in [-0.39, 0.29) is 12.4 Å². The van der Waals surface area contributed by atoms with Gasteiger partial charge in [0.2, 0.25) is 0 Å². The van der Waals surface area contributed by atoms with Crippen LogP contribution in [0.25, 0.3) is 0 Å². The number of rotatable bonds is 5. The molecule has 0 aliphatic carbocycles. The van der Waals surface area contributed by atoms with Gasteiger partial charge in [-0.1, -0.05) is 60.7 Å². The molecule has 3 heteroatoms. The van der Waals surface area contributed by atoms with Gasteiger partial charge in [0.05, 0.1) is 19.8 Å². The maximum atomic E-state index is 5.84. The van der Waals surface area contributed by atoms with Gasteiger partial charge in [0, 0.05) is 5.56 Å². The van der Waals surface area contributed by atoms with Gasteiger partial charge >= 0.3 is 0 Å². The van der Waals surface area contributed by atoms with Crippen LogP contribution in [0.1, 0.15) is 17.4 Å². The van der Waals surface area contributed by atoms with E-state index in [1.54, 1.807) is 0 Å². The van der Waals surface area contributed by atoms with E-state index in [4.69, 9.17) is 14.2 Å². The first-order valence-corrected chi connectivity index (χ1v) is 6.85. The molecular weight excluding hydrogens is 252 g/mol. The van der Waals surface area contributed by atoms with Crippen LogP contribution < -0.4 is 0 Å². The smallest absolute Gasteiger partial charge is 0.184 e. The summed E-state index contributed by atoms with van der Waals surface area (Å²) in [5.74, 6) is 0.